The number of halogens is 1. The summed E-state index contributed by atoms with van der Waals surface area (Å²) in [4.78, 5) is 25.9. The highest BCUT2D eigenvalue weighted by atomic mass is 19.1. The van der Waals surface area contributed by atoms with Crippen molar-refractivity contribution in [3.63, 3.8) is 0 Å². The first-order valence-corrected chi connectivity index (χ1v) is 7.80. The Morgan fingerprint density at radius 3 is 2.83 bits per heavy atom. The number of methoxy groups -OCH3 is 1. The minimum absolute atomic E-state index is 0.0843. The Bertz CT molecular complexity index is 579. The average Bonchev–Trinajstić information content (AvgIpc) is 2.75. The van der Waals surface area contributed by atoms with Crippen molar-refractivity contribution in [1.82, 2.24) is 10.2 Å². The number of nitrogens with zero attached hydrogens (tertiary/aromatic N) is 1. The van der Waals surface area contributed by atoms with E-state index in [0.29, 0.717) is 13.1 Å². The van der Waals surface area contributed by atoms with Gasteiger partial charge in [-0.15, -0.1) is 0 Å². The Morgan fingerprint density at radius 1 is 1.35 bits per heavy atom. The van der Waals surface area contributed by atoms with Crippen LogP contribution in [-0.2, 0) is 9.53 Å². The number of rotatable bonds is 4. The number of amides is 2. The average molecular weight is 322 g/mol. The zero-order valence-electron chi connectivity index (χ0n) is 13.6. The summed E-state index contributed by atoms with van der Waals surface area (Å²) < 4.78 is 18.6. The van der Waals surface area contributed by atoms with Crippen molar-refractivity contribution in [1.29, 1.82) is 0 Å². The Kier molecular flexibility index (Phi) is 5.71. The van der Waals surface area contributed by atoms with E-state index in [1.165, 1.54) is 18.2 Å². The van der Waals surface area contributed by atoms with Gasteiger partial charge in [-0.2, -0.15) is 0 Å². The molecule has 1 fully saturated rings. The summed E-state index contributed by atoms with van der Waals surface area (Å²) in [7, 11) is 1.69. The summed E-state index contributed by atoms with van der Waals surface area (Å²) in [6.07, 6.45) is 2.55. The van der Waals surface area contributed by atoms with Gasteiger partial charge in [-0.1, -0.05) is 6.07 Å². The van der Waals surface area contributed by atoms with Crippen LogP contribution in [0, 0.1) is 5.82 Å². The molecular weight excluding hydrogens is 299 g/mol. The van der Waals surface area contributed by atoms with Gasteiger partial charge in [-0.25, -0.2) is 4.39 Å². The molecule has 0 spiro atoms. The van der Waals surface area contributed by atoms with Gasteiger partial charge in [0.1, 0.15) is 5.82 Å². The maximum atomic E-state index is 13.1. The lowest BCUT2D eigenvalue weighted by molar-refractivity contribution is -0.130. The first-order chi connectivity index (χ1) is 10.9. The molecule has 1 aromatic carbocycles. The van der Waals surface area contributed by atoms with E-state index in [1.807, 2.05) is 6.92 Å². The zero-order chi connectivity index (χ0) is 16.9. The van der Waals surface area contributed by atoms with Crippen LogP contribution in [0.3, 0.4) is 0 Å². The number of nitrogens with one attached hydrogen (secondary N) is 1. The van der Waals surface area contributed by atoms with Crippen molar-refractivity contribution < 1.29 is 18.7 Å². The number of carbonyl (C=O) groups is 2. The molecule has 1 N–H and O–H groups in total. The van der Waals surface area contributed by atoms with Crippen LogP contribution in [0.4, 0.5) is 4.39 Å². The van der Waals surface area contributed by atoms with Gasteiger partial charge in [0, 0.05) is 25.8 Å². The third kappa shape index (κ3) is 4.76. The Hall–Kier alpha value is -1.95. The van der Waals surface area contributed by atoms with Gasteiger partial charge in [0.15, 0.2) is 0 Å². The SMILES string of the molecule is COC1(C)CCCN(C(=O)CNC(=O)c2cccc(F)c2)CC1. The molecule has 1 saturated heterocycles. The van der Waals surface area contributed by atoms with E-state index in [-0.39, 0.29) is 23.6 Å². The van der Waals surface area contributed by atoms with Crippen molar-refractivity contribution >= 4 is 11.8 Å². The molecule has 1 aromatic rings. The van der Waals surface area contributed by atoms with Crippen LogP contribution in [0.25, 0.3) is 0 Å². The van der Waals surface area contributed by atoms with E-state index in [4.69, 9.17) is 4.74 Å². The first-order valence-electron chi connectivity index (χ1n) is 7.80. The number of hydrogen-bond acceptors (Lipinski definition) is 3. The van der Waals surface area contributed by atoms with Gasteiger partial charge in [-0.3, -0.25) is 9.59 Å². The predicted molar refractivity (Wildman–Crippen MR) is 84.6 cm³/mol. The minimum atomic E-state index is -0.477. The van der Waals surface area contributed by atoms with Crippen LogP contribution in [0.2, 0.25) is 0 Å². The number of hydrogen-bond donors (Lipinski definition) is 1. The summed E-state index contributed by atoms with van der Waals surface area (Å²) in [5, 5.41) is 2.55. The lowest BCUT2D eigenvalue weighted by Crippen LogP contribution is -2.41. The molecule has 1 aliphatic heterocycles. The summed E-state index contributed by atoms with van der Waals surface area (Å²) >= 11 is 0. The van der Waals surface area contributed by atoms with E-state index in [2.05, 4.69) is 5.32 Å². The fourth-order valence-corrected chi connectivity index (χ4v) is 2.71. The van der Waals surface area contributed by atoms with Crippen molar-refractivity contribution in [2.75, 3.05) is 26.7 Å². The van der Waals surface area contributed by atoms with Crippen molar-refractivity contribution in [2.45, 2.75) is 31.8 Å². The fraction of sp³-hybridized carbons (Fsp3) is 0.529. The highest BCUT2D eigenvalue weighted by molar-refractivity contribution is 5.96. The minimum Gasteiger partial charge on any atom is -0.378 e. The lowest BCUT2D eigenvalue weighted by Gasteiger charge is -2.26. The maximum Gasteiger partial charge on any atom is 0.251 e. The van der Waals surface area contributed by atoms with Crippen molar-refractivity contribution in [3.05, 3.63) is 35.6 Å². The molecule has 126 valence electrons. The van der Waals surface area contributed by atoms with Gasteiger partial charge in [0.25, 0.3) is 5.91 Å². The monoisotopic (exact) mass is 322 g/mol. The van der Waals surface area contributed by atoms with Crippen molar-refractivity contribution in [3.8, 4) is 0 Å². The predicted octanol–water partition coefficient (Wildman–Crippen LogP) is 1.97. The molecule has 1 unspecified atom stereocenters. The van der Waals surface area contributed by atoms with Crippen molar-refractivity contribution in [2.24, 2.45) is 0 Å². The second-order valence-corrected chi connectivity index (χ2v) is 6.08. The second kappa shape index (κ2) is 7.55. The molecule has 1 aliphatic rings. The van der Waals surface area contributed by atoms with Gasteiger partial charge < -0.3 is 15.0 Å². The lowest BCUT2D eigenvalue weighted by atomic mass is 9.97. The van der Waals surface area contributed by atoms with E-state index in [9.17, 15) is 14.0 Å². The molecule has 0 radical (unpaired) electrons. The van der Waals surface area contributed by atoms with Crippen LogP contribution in [0.1, 0.15) is 36.5 Å². The summed E-state index contributed by atoms with van der Waals surface area (Å²) in [5.74, 6) is -1.06. The molecule has 2 amide bonds. The Labute approximate surface area is 135 Å². The summed E-state index contributed by atoms with van der Waals surface area (Å²) in [6.45, 7) is 3.23. The van der Waals surface area contributed by atoms with Gasteiger partial charge in [0.2, 0.25) is 5.91 Å². The molecular formula is C17H23FN2O3. The topological polar surface area (TPSA) is 58.6 Å². The molecule has 2 rings (SSSR count). The Morgan fingerprint density at radius 2 is 2.13 bits per heavy atom. The van der Waals surface area contributed by atoms with Gasteiger partial charge in [-0.05, 0) is 44.4 Å². The molecule has 0 saturated carbocycles. The van der Waals surface area contributed by atoms with E-state index in [0.717, 1.165) is 25.3 Å². The molecule has 0 aromatic heterocycles. The number of ether oxygens (including phenoxy) is 1. The largest absolute Gasteiger partial charge is 0.378 e. The fourth-order valence-electron chi connectivity index (χ4n) is 2.71. The van der Waals surface area contributed by atoms with Crippen LogP contribution < -0.4 is 5.32 Å². The van der Waals surface area contributed by atoms with E-state index < -0.39 is 11.7 Å². The maximum absolute atomic E-state index is 13.1. The third-order valence-electron chi connectivity index (χ3n) is 4.38. The molecule has 1 atom stereocenters. The number of likely N-dealkylation sites (tertiary alicyclic amines) is 1. The molecule has 6 heteroatoms. The van der Waals surface area contributed by atoms with E-state index in [1.54, 1.807) is 12.0 Å². The second-order valence-electron chi connectivity index (χ2n) is 6.08. The highest BCUT2D eigenvalue weighted by Gasteiger charge is 2.29. The number of benzene rings is 1. The smallest absolute Gasteiger partial charge is 0.251 e. The molecule has 1 heterocycles. The standard InChI is InChI=1S/C17H23FN2O3/c1-17(23-2)7-4-9-20(10-8-17)15(21)12-19-16(22)13-5-3-6-14(18)11-13/h3,5-6,11H,4,7-10,12H2,1-2H3,(H,19,22). The van der Waals surface area contributed by atoms with Crippen LogP contribution >= 0.6 is 0 Å². The molecule has 0 bridgehead atoms. The molecule has 5 nitrogen and oxygen atoms in total. The molecule has 0 aliphatic carbocycles. The quantitative estimate of drug-likeness (QED) is 0.922. The molecule has 23 heavy (non-hydrogen) atoms. The van der Waals surface area contributed by atoms with Crippen LogP contribution in [0.15, 0.2) is 24.3 Å². The number of carbonyl (C=O) groups excluding carboxylic acids is 2. The summed E-state index contributed by atoms with van der Waals surface area (Å²) in [6, 6.07) is 5.40. The third-order valence-corrected chi connectivity index (χ3v) is 4.38. The Balaban J connectivity index is 1.86. The van der Waals surface area contributed by atoms with Gasteiger partial charge >= 0.3 is 0 Å². The van der Waals surface area contributed by atoms with E-state index >= 15 is 0 Å². The van der Waals surface area contributed by atoms with Crippen LogP contribution in [0.5, 0.6) is 0 Å². The normalized spacial score (nSPS) is 21.6. The van der Waals surface area contributed by atoms with Gasteiger partial charge in [0.05, 0.1) is 12.1 Å². The summed E-state index contributed by atoms with van der Waals surface area (Å²) in [5.41, 5.74) is 0.0143. The highest BCUT2D eigenvalue weighted by Crippen LogP contribution is 2.24. The van der Waals surface area contributed by atoms with Crippen LogP contribution in [-0.4, -0.2) is 49.1 Å². The zero-order valence-corrected chi connectivity index (χ0v) is 13.6. The first kappa shape index (κ1) is 17.4.